The van der Waals surface area contributed by atoms with Gasteiger partial charge in [-0.25, -0.2) is 0 Å². The van der Waals surface area contributed by atoms with Crippen LogP contribution in [0.4, 0.5) is 20.3 Å². The third-order valence-electron chi connectivity index (χ3n) is 2.89. The van der Waals surface area contributed by atoms with Crippen LogP contribution in [0.25, 0.3) is 0 Å². The average molecular weight is 369 g/mol. The van der Waals surface area contributed by atoms with Gasteiger partial charge in [-0.2, -0.15) is 8.78 Å². The van der Waals surface area contributed by atoms with Crippen LogP contribution in [0.3, 0.4) is 0 Å². The van der Waals surface area contributed by atoms with Crippen LogP contribution in [0.5, 0.6) is 5.75 Å². The van der Waals surface area contributed by atoms with Crippen LogP contribution in [0.2, 0.25) is 0 Å². The summed E-state index contributed by atoms with van der Waals surface area (Å²) in [6.07, 6.45) is 0. The van der Waals surface area contributed by atoms with E-state index in [1.807, 2.05) is 0 Å². The number of alkyl halides is 2. The highest BCUT2D eigenvalue weighted by Crippen LogP contribution is 2.31. The molecule has 0 saturated heterocycles. The Kier molecular flexibility index (Phi) is 6.23. The Morgan fingerprint density at radius 3 is 2.76 bits per heavy atom. The topological polar surface area (TPSA) is 94.4 Å². The van der Waals surface area contributed by atoms with Gasteiger partial charge in [0.15, 0.2) is 6.61 Å². The van der Waals surface area contributed by atoms with Crippen molar-refractivity contribution >= 4 is 29.2 Å². The van der Waals surface area contributed by atoms with Gasteiger partial charge in [0, 0.05) is 11.8 Å². The fourth-order valence-corrected chi connectivity index (χ4v) is 2.47. The third kappa shape index (κ3) is 5.38. The van der Waals surface area contributed by atoms with Gasteiger partial charge in [-0.05, 0) is 34.2 Å². The second kappa shape index (κ2) is 8.38. The molecule has 1 aromatic carbocycles. The molecule has 1 amide bonds. The number of nitro groups is 1. The number of benzene rings is 1. The summed E-state index contributed by atoms with van der Waals surface area (Å²) in [7, 11) is 0. The van der Waals surface area contributed by atoms with Gasteiger partial charge >= 0.3 is 5.82 Å². The number of aryl methyl sites for hydroxylation is 1. The SMILES string of the molecule is Cc1ccc(OCC(=O)Nc2ccccc2SC(F)F)c([N+](=O)[O-])n1. The first-order chi connectivity index (χ1) is 11.9. The van der Waals surface area contributed by atoms with E-state index in [1.54, 1.807) is 19.1 Å². The molecule has 25 heavy (non-hydrogen) atoms. The normalized spacial score (nSPS) is 10.6. The number of ether oxygens (including phenoxy) is 1. The molecule has 1 heterocycles. The number of carbonyl (C=O) groups is 1. The zero-order chi connectivity index (χ0) is 18.4. The van der Waals surface area contributed by atoms with E-state index in [0.29, 0.717) is 17.5 Å². The minimum Gasteiger partial charge on any atom is -0.476 e. The molecular weight excluding hydrogens is 356 g/mol. The molecule has 1 aromatic heterocycles. The first kappa shape index (κ1) is 18.6. The van der Waals surface area contributed by atoms with Gasteiger partial charge in [0.2, 0.25) is 5.75 Å². The number of hydrogen-bond donors (Lipinski definition) is 1. The highest BCUT2D eigenvalue weighted by molar-refractivity contribution is 7.99. The summed E-state index contributed by atoms with van der Waals surface area (Å²) in [5.41, 5.74) is 0.638. The largest absolute Gasteiger partial charge is 0.476 e. The molecule has 0 spiro atoms. The molecule has 0 aliphatic carbocycles. The molecule has 0 aliphatic rings. The minimum atomic E-state index is -2.63. The molecule has 0 aliphatic heterocycles. The second-order valence-corrected chi connectivity index (χ2v) is 5.77. The van der Waals surface area contributed by atoms with Crippen molar-refractivity contribution in [1.29, 1.82) is 0 Å². The van der Waals surface area contributed by atoms with Gasteiger partial charge in [0.1, 0.15) is 5.69 Å². The summed E-state index contributed by atoms with van der Waals surface area (Å²) in [5, 5.41) is 13.4. The number of anilines is 1. The van der Waals surface area contributed by atoms with E-state index in [9.17, 15) is 23.7 Å². The van der Waals surface area contributed by atoms with Crippen molar-refractivity contribution in [2.24, 2.45) is 0 Å². The molecule has 0 unspecified atom stereocenters. The number of nitrogens with zero attached hydrogens (tertiary/aromatic N) is 2. The quantitative estimate of drug-likeness (QED) is 0.455. The highest BCUT2D eigenvalue weighted by atomic mass is 32.2. The molecule has 0 radical (unpaired) electrons. The number of thioether (sulfide) groups is 1. The first-order valence-corrected chi connectivity index (χ1v) is 7.83. The summed E-state index contributed by atoms with van der Waals surface area (Å²) in [6.45, 7) is 1.06. The summed E-state index contributed by atoms with van der Waals surface area (Å²) >= 11 is 0.301. The van der Waals surface area contributed by atoms with Crippen molar-refractivity contribution in [3.05, 3.63) is 52.2 Å². The summed E-state index contributed by atoms with van der Waals surface area (Å²) < 4.78 is 30.2. The number of aromatic nitrogens is 1. The number of hydrogen-bond acceptors (Lipinski definition) is 6. The Morgan fingerprint density at radius 2 is 2.08 bits per heavy atom. The lowest BCUT2D eigenvalue weighted by molar-refractivity contribution is -0.390. The molecule has 0 bridgehead atoms. The maximum Gasteiger partial charge on any atom is 0.406 e. The lowest BCUT2D eigenvalue weighted by Crippen LogP contribution is -2.21. The predicted octanol–water partition coefficient (Wildman–Crippen LogP) is 3.63. The Morgan fingerprint density at radius 1 is 1.36 bits per heavy atom. The maximum atomic E-state index is 12.5. The van der Waals surface area contributed by atoms with Crippen LogP contribution >= 0.6 is 11.8 Å². The van der Waals surface area contributed by atoms with E-state index in [4.69, 9.17) is 4.74 Å². The van der Waals surface area contributed by atoms with Gasteiger partial charge in [-0.3, -0.25) is 4.79 Å². The standard InChI is InChI=1S/C15H13F2N3O4S/c1-9-6-7-11(14(18-9)20(22)23)24-8-13(21)19-10-4-2-3-5-12(10)25-15(16)17/h2-7,15H,8H2,1H3,(H,19,21). The Balaban J connectivity index is 2.04. The predicted molar refractivity (Wildman–Crippen MR) is 88.1 cm³/mol. The van der Waals surface area contributed by atoms with Gasteiger partial charge in [0.05, 0.1) is 5.69 Å². The molecule has 2 rings (SSSR count). The third-order valence-corrected chi connectivity index (χ3v) is 3.68. The number of rotatable bonds is 7. The summed E-state index contributed by atoms with van der Waals surface area (Å²) in [6, 6.07) is 8.92. The highest BCUT2D eigenvalue weighted by Gasteiger charge is 2.19. The summed E-state index contributed by atoms with van der Waals surface area (Å²) in [4.78, 5) is 26.1. The Hall–Kier alpha value is -2.75. The monoisotopic (exact) mass is 369 g/mol. The second-order valence-electron chi connectivity index (χ2n) is 4.74. The smallest absolute Gasteiger partial charge is 0.406 e. The van der Waals surface area contributed by atoms with Gasteiger partial charge in [-0.15, -0.1) is 0 Å². The van der Waals surface area contributed by atoms with Crippen LogP contribution in [-0.4, -0.2) is 28.2 Å². The van der Waals surface area contributed by atoms with Gasteiger partial charge in [-0.1, -0.05) is 23.9 Å². The molecule has 10 heteroatoms. The molecule has 132 valence electrons. The lowest BCUT2D eigenvalue weighted by atomic mass is 10.3. The van der Waals surface area contributed by atoms with Crippen molar-refractivity contribution in [3.63, 3.8) is 0 Å². The van der Waals surface area contributed by atoms with Crippen molar-refractivity contribution in [3.8, 4) is 5.75 Å². The average Bonchev–Trinajstić information content (AvgIpc) is 2.55. The zero-order valence-electron chi connectivity index (χ0n) is 12.9. The number of nitrogens with one attached hydrogen (secondary N) is 1. The van der Waals surface area contributed by atoms with Crippen LogP contribution in [0, 0.1) is 17.0 Å². The van der Waals surface area contributed by atoms with E-state index in [1.165, 1.54) is 24.3 Å². The molecule has 0 atom stereocenters. The number of amides is 1. The molecule has 0 saturated carbocycles. The summed E-state index contributed by atoms with van der Waals surface area (Å²) in [5.74, 6) is -3.92. The van der Waals surface area contributed by atoms with Crippen molar-refractivity contribution in [2.45, 2.75) is 17.6 Å². The molecule has 7 nitrogen and oxygen atoms in total. The van der Waals surface area contributed by atoms with Gasteiger partial charge < -0.3 is 20.2 Å². The molecule has 2 aromatic rings. The van der Waals surface area contributed by atoms with E-state index in [2.05, 4.69) is 10.3 Å². The molecule has 1 N–H and O–H groups in total. The first-order valence-electron chi connectivity index (χ1n) is 6.95. The van der Waals surface area contributed by atoms with Gasteiger partial charge in [0.25, 0.3) is 11.7 Å². The van der Waals surface area contributed by atoms with Crippen LogP contribution in [-0.2, 0) is 4.79 Å². The van der Waals surface area contributed by atoms with Crippen molar-refractivity contribution in [2.75, 3.05) is 11.9 Å². The number of carbonyl (C=O) groups excluding carboxylic acids is 1. The van der Waals surface area contributed by atoms with Crippen LogP contribution in [0.1, 0.15) is 5.69 Å². The van der Waals surface area contributed by atoms with Crippen LogP contribution in [0.15, 0.2) is 41.3 Å². The number of para-hydroxylation sites is 1. The molecule has 0 fully saturated rings. The Bertz CT molecular complexity index is 789. The van der Waals surface area contributed by atoms with Crippen molar-refractivity contribution < 1.29 is 23.2 Å². The van der Waals surface area contributed by atoms with E-state index < -0.39 is 29.0 Å². The van der Waals surface area contributed by atoms with E-state index in [0.717, 1.165) is 0 Å². The Labute approximate surface area is 145 Å². The fraction of sp³-hybridized carbons (Fsp3) is 0.200. The maximum absolute atomic E-state index is 12.5. The molecular formula is C15H13F2N3O4S. The lowest BCUT2D eigenvalue weighted by Gasteiger charge is -2.11. The minimum absolute atomic E-state index is 0.152. The van der Waals surface area contributed by atoms with Crippen LogP contribution < -0.4 is 10.1 Å². The number of halogens is 2. The van der Waals surface area contributed by atoms with Crippen molar-refractivity contribution in [1.82, 2.24) is 4.98 Å². The van der Waals surface area contributed by atoms with E-state index >= 15 is 0 Å². The zero-order valence-corrected chi connectivity index (χ0v) is 13.8. The number of pyridine rings is 1. The fourth-order valence-electron chi connectivity index (χ4n) is 1.87. The van der Waals surface area contributed by atoms with E-state index in [-0.39, 0.29) is 16.3 Å².